The van der Waals surface area contributed by atoms with E-state index in [0.29, 0.717) is 5.84 Å². The lowest BCUT2D eigenvalue weighted by molar-refractivity contribution is 0.415. The SMILES string of the molecule is COc1ccc(C2=C(C)Nc3ccccc3N=C2N)cc1. The van der Waals surface area contributed by atoms with Crippen molar-refractivity contribution in [2.45, 2.75) is 6.92 Å². The molecule has 0 fully saturated rings. The molecule has 0 aromatic heterocycles. The minimum absolute atomic E-state index is 0.509. The van der Waals surface area contributed by atoms with Gasteiger partial charge in [0.25, 0.3) is 0 Å². The molecular weight excluding hydrogens is 262 g/mol. The van der Waals surface area contributed by atoms with Gasteiger partial charge in [-0.3, -0.25) is 0 Å². The summed E-state index contributed by atoms with van der Waals surface area (Å²) in [7, 11) is 1.65. The molecule has 0 amide bonds. The monoisotopic (exact) mass is 279 g/mol. The van der Waals surface area contributed by atoms with Crippen molar-refractivity contribution in [1.82, 2.24) is 0 Å². The Morgan fingerprint density at radius 2 is 1.76 bits per heavy atom. The molecule has 2 aromatic carbocycles. The van der Waals surface area contributed by atoms with Gasteiger partial charge in [-0.15, -0.1) is 0 Å². The van der Waals surface area contributed by atoms with E-state index in [0.717, 1.165) is 34.0 Å². The van der Waals surface area contributed by atoms with Gasteiger partial charge in [0, 0.05) is 11.3 Å². The minimum atomic E-state index is 0.509. The molecule has 1 aliphatic heterocycles. The van der Waals surface area contributed by atoms with Crippen LogP contribution in [0.15, 0.2) is 59.2 Å². The number of ether oxygens (including phenoxy) is 1. The minimum Gasteiger partial charge on any atom is -0.497 e. The van der Waals surface area contributed by atoms with Crippen LogP contribution in [-0.4, -0.2) is 12.9 Å². The van der Waals surface area contributed by atoms with Crippen molar-refractivity contribution >= 4 is 22.8 Å². The highest BCUT2D eigenvalue weighted by atomic mass is 16.5. The molecule has 0 saturated carbocycles. The molecule has 4 heteroatoms. The molecule has 0 spiro atoms. The summed E-state index contributed by atoms with van der Waals surface area (Å²) in [4.78, 5) is 4.53. The van der Waals surface area contributed by atoms with Crippen LogP contribution >= 0.6 is 0 Å². The molecular formula is C17H17N3O. The fourth-order valence-corrected chi connectivity index (χ4v) is 2.44. The highest BCUT2D eigenvalue weighted by Crippen LogP contribution is 2.32. The van der Waals surface area contributed by atoms with Crippen molar-refractivity contribution in [3.05, 3.63) is 59.8 Å². The second kappa shape index (κ2) is 5.32. The van der Waals surface area contributed by atoms with E-state index in [-0.39, 0.29) is 0 Å². The van der Waals surface area contributed by atoms with E-state index in [2.05, 4.69) is 10.3 Å². The van der Waals surface area contributed by atoms with Crippen LogP contribution in [0.5, 0.6) is 5.75 Å². The molecule has 3 N–H and O–H groups in total. The quantitative estimate of drug-likeness (QED) is 0.884. The zero-order chi connectivity index (χ0) is 14.8. The summed E-state index contributed by atoms with van der Waals surface area (Å²) >= 11 is 0. The fourth-order valence-electron chi connectivity index (χ4n) is 2.44. The van der Waals surface area contributed by atoms with Crippen LogP contribution in [0.4, 0.5) is 11.4 Å². The Balaban J connectivity index is 2.09. The predicted octanol–water partition coefficient (Wildman–Crippen LogP) is 3.54. The predicted molar refractivity (Wildman–Crippen MR) is 86.9 cm³/mol. The van der Waals surface area contributed by atoms with Crippen molar-refractivity contribution in [2.75, 3.05) is 12.4 Å². The van der Waals surface area contributed by atoms with Gasteiger partial charge < -0.3 is 15.8 Å². The van der Waals surface area contributed by atoms with Crippen LogP contribution < -0.4 is 15.8 Å². The van der Waals surface area contributed by atoms with Crippen LogP contribution in [0.25, 0.3) is 5.57 Å². The molecule has 0 radical (unpaired) electrons. The van der Waals surface area contributed by atoms with Crippen molar-refractivity contribution in [3.8, 4) is 5.75 Å². The van der Waals surface area contributed by atoms with Gasteiger partial charge in [-0.05, 0) is 36.8 Å². The number of hydrogen-bond acceptors (Lipinski definition) is 4. The van der Waals surface area contributed by atoms with Gasteiger partial charge in [-0.25, -0.2) is 4.99 Å². The first-order valence-corrected chi connectivity index (χ1v) is 6.75. The number of fused-ring (bicyclic) bond motifs is 1. The third-order valence-corrected chi connectivity index (χ3v) is 3.48. The summed E-state index contributed by atoms with van der Waals surface area (Å²) in [6.45, 7) is 2.00. The zero-order valence-electron chi connectivity index (χ0n) is 12.1. The normalized spacial score (nSPS) is 13.9. The van der Waals surface area contributed by atoms with E-state index < -0.39 is 0 Å². The van der Waals surface area contributed by atoms with E-state index in [1.165, 1.54) is 0 Å². The van der Waals surface area contributed by atoms with Gasteiger partial charge in [0.05, 0.1) is 18.5 Å². The number of benzene rings is 2. The zero-order valence-corrected chi connectivity index (χ0v) is 12.1. The number of nitrogens with two attached hydrogens (primary N) is 1. The van der Waals surface area contributed by atoms with Crippen LogP contribution in [0.3, 0.4) is 0 Å². The van der Waals surface area contributed by atoms with E-state index in [4.69, 9.17) is 10.5 Å². The number of allylic oxidation sites excluding steroid dienone is 1. The lowest BCUT2D eigenvalue weighted by atomic mass is 10.0. The van der Waals surface area contributed by atoms with Gasteiger partial charge in [0.1, 0.15) is 11.6 Å². The van der Waals surface area contributed by atoms with E-state index in [1.807, 2.05) is 55.5 Å². The highest BCUT2D eigenvalue weighted by Gasteiger charge is 2.16. The Morgan fingerprint density at radius 1 is 1.05 bits per heavy atom. The lowest BCUT2D eigenvalue weighted by Gasteiger charge is -2.12. The smallest absolute Gasteiger partial charge is 0.133 e. The van der Waals surface area contributed by atoms with Crippen molar-refractivity contribution < 1.29 is 4.74 Å². The molecule has 0 atom stereocenters. The van der Waals surface area contributed by atoms with E-state index in [1.54, 1.807) is 7.11 Å². The second-order valence-corrected chi connectivity index (χ2v) is 4.87. The molecule has 0 bridgehead atoms. The summed E-state index contributed by atoms with van der Waals surface area (Å²) in [6, 6.07) is 15.7. The fraction of sp³-hybridized carbons (Fsp3) is 0.118. The summed E-state index contributed by atoms with van der Waals surface area (Å²) in [5.41, 5.74) is 10.9. The number of anilines is 1. The molecule has 2 aromatic rings. The number of hydrogen-bond donors (Lipinski definition) is 2. The molecule has 1 aliphatic rings. The van der Waals surface area contributed by atoms with Gasteiger partial charge in [-0.1, -0.05) is 24.3 Å². The molecule has 3 rings (SSSR count). The lowest BCUT2D eigenvalue weighted by Crippen LogP contribution is -2.15. The number of para-hydroxylation sites is 2. The molecule has 106 valence electrons. The van der Waals surface area contributed by atoms with Crippen LogP contribution in [-0.2, 0) is 0 Å². The second-order valence-electron chi connectivity index (χ2n) is 4.87. The Kier molecular flexibility index (Phi) is 3.36. The molecule has 21 heavy (non-hydrogen) atoms. The first-order valence-electron chi connectivity index (χ1n) is 6.75. The average molecular weight is 279 g/mol. The summed E-state index contributed by atoms with van der Waals surface area (Å²) < 4.78 is 5.19. The standard InChI is InChI=1S/C17H17N3O/c1-11-16(12-7-9-13(21-2)10-8-12)17(18)20-15-6-4-3-5-14(15)19-11/h3-10,19H,1-2H3,(H2,18,20). The van der Waals surface area contributed by atoms with E-state index >= 15 is 0 Å². The molecule has 1 heterocycles. The Hall–Kier alpha value is -2.75. The van der Waals surface area contributed by atoms with Crippen LogP contribution in [0.2, 0.25) is 0 Å². The maximum Gasteiger partial charge on any atom is 0.133 e. The van der Waals surface area contributed by atoms with Crippen LogP contribution in [0.1, 0.15) is 12.5 Å². The number of methoxy groups -OCH3 is 1. The summed E-state index contributed by atoms with van der Waals surface area (Å²) in [5.74, 6) is 1.33. The number of amidine groups is 1. The summed E-state index contributed by atoms with van der Waals surface area (Å²) in [5, 5.41) is 3.38. The van der Waals surface area contributed by atoms with Gasteiger partial charge in [0.2, 0.25) is 0 Å². The van der Waals surface area contributed by atoms with E-state index in [9.17, 15) is 0 Å². The topological polar surface area (TPSA) is 59.6 Å². The Bertz CT molecular complexity index is 730. The number of aliphatic imine (C=N–C) groups is 1. The molecule has 0 unspecified atom stereocenters. The maximum atomic E-state index is 6.21. The highest BCUT2D eigenvalue weighted by molar-refractivity contribution is 6.24. The van der Waals surface area contributed by atoms with Gasteiger partial charge in [0.15, 0.2) is 0 Å². The Morgan fingerprint density at radius 3 is 2.48 bits per heavy atom. The number of rotatable bonds is 2. The molecule has 4 nitrogen and oxygen atoms in total. The van der Waals surface area contributed by atoms with Crippen LogP contribution in [0, 0.1) is 0 Å². The first kappa shape index (κ1) is 13.2. The van der Waals surface area contributed by atoms with Crippen molar-refractivity contribution in [1.29, 1.82) is 0 Å². The maximum absolute atomic E-state index is 6.21. The average Bonchev–Trinajstić information content (AvgIpc) is 2.62. The third-order valence-electron chi connectivity index (χ3n) is 3.48. The van der Waals surface area contributed by atoms with Crippen molar-refractivity contribution in [2.24, 2.45) is 10.7 Å². The van der Waals surface area contributed by atoms with Gasteiger partial charge >= 0.3 is 0 Å². The Labute approximate surface area is 124 Å². The molecule has 0 aliphatic carbocycles. The first-order chi connectivity index (χ1) is 10.2. The summed E-state index contributed by atoms with van der Waals surface area (Å²) in [6.07, 6.45) is 0. The van der Waals surface area contributed by atoms with Crippen molar-refractivity contribution in [3.63, 3.8) is 0 Å². The third kappa shape index (κ3) is 2.48. The number of nitrogens with zero attached hydrogens (tertiary/aromatic N) is 1. The number of nitrogens with one attached hydrogen (secondary N) is 1. The molecule has 0 saturated heterocycles. The largest absolute Gasteiger partial charge is 0.497 e. The van der Waals surface area contributed by atoms with Gasteiger partial charge in [-0.2, -0.15) is 0 Å².